The molecule has 1 unspecified atom stereocenters. The standard InChI is InChI=1S/C16H22N4/c1-19(16(10-17)14-4-5-14)11-13-2-6-15(7-3-13)20-9-8-18-12-20/h2-3,6-9,12,14,16H,4-5,10-11,17H2,1H3. The third-order valence-corrected chi connectivity index (χ3v) is 4.14. The smallest absolute Gasteiger partial charge is 0.0991 e. The molecule has 1 fully saturated rings. The quantitative estimate of drug-likeness (QED) is 0.874. The lowest BCUT2D eigenvalue weighted by atomic mass is 10.1. The second kappa shape index (κ2) is 5.77. The van der Waals surface area contributed by atoms with Crippen LogP contribution in [-0.2, 0) is 6.54 Å². The summed E-state index contributed by atoms with van der Waals surface area (Å²) >= 11 is 0. The zero-order chi connectivity index (χ0) is 13.9. The number of hydrogen-bond donors (Lipinski definition) is 1. The van der Waals surface area contributed by atoms with Crippen LogP contribution in [0.4, 0.5) is 0 Å². The summed E-state index contributed by atoms with van der Waals surface area (Å²) in [6, 6.07) is 9.18. The average Bonchev–Trinajstić information content (AvgIpc) is 3.14. The van der Waals surface area contributed by atoms with Gasteiger partial charge in [0.2, 0.25) is 0 Å². The van der Waals surface area contributed by atoms with E-state index in [-0.39, 0.29) is 0 Å². The van der Waals surface area contributed by atoms with Gasteiger partial charge in [0.05, 0.1) is 6.33 Å². The Morgan fingerprint density at radius 1 is 1.35 bits per heavy atom. The van der Waals surface area contributed by atoms with Gasteiger partial charge in [0.25, 0.3) is 0 Å². The highest BCUT2D eigenvalue weighted by Crippen LogP contribution is 2.34. The SMILES string of the molecule is CN(Cc1ccc(-n2ccnc2)cc1)C(CN)C1CC1. The highest BCUT2D eigenvalue weighted by Gasteiger charge is 2.32. The Balaban J connectivity index is 1.65. The highest BCUT2D eigenvalue weighted by atomic mass is 15.1. The van der Waals surface area contributed by atoms with Crippen LogP contribution in [0.15, 0.2) is 43.0 Å². The molecule has 1 aliphatic carbocycles. The molecule has 2 aromatic rings. The third kappa shape index (κ3) is 2.92. The van der Waals surface area contributed by atoms with Crippen molar-refractivity contribution < 1.29 is 0 Å². The Morgan fingerprint density at radius 2 is 2.10 bits per heavy atom. The van der Waals surface area contributed by atoms with Crippen molar-refractivity contribution in [2.45, 2.75) is 25.4 Å². The molecule has 0 bridgehead atoms. The molecule has 0 amide bonds. The Morgan fingerprint density at radius 3 is 2.65 bits per heavy atom. The molecule has 106 valence electrons. The molecule has 20 heavy (non-hydrogen) atoms. The Labute approximate surface area is 120 Å². The van der Waals surface area contributed by atoms with Crippen LogP contribution in [0.5, 0.6) is 0 Å². The van der Waals surface area contributed by atoms with Crippen LogP contribution < -0.4 is 5.73 Å². The molecule has 1 atom stereocenters. The van der Waals surface area contributed by atoms with Gasteiger partial charge in [-0.05, 0) is 43.5 Å². The molecule has 1 heterocycles. The Kier molecular flexibility index (Phi) is 3.85. The van der Waals surface area contributed by atoms with Crippen LogP contribution in [-0.4, -0.2) is 34.1 Å². The zero-order valence-corrected chi connectivity index (χ0v) is 11.9. The lowest BCUT2D eigenvalue weighted by molar-refractivity contribution is 0.215. The van der Waals surface area contributed by atoms with Crippen LogP contribution in [0.2, 0.25) is 0 Å². The second-order valence-electron chi connectivity index (χ2n) is 5.69. The predicted octanol–water partition coefficient (Wildman–Crippen LogP) is 2.04. The number of nitrogens with zero attached hydrogens (tertiary/aromatic N) is 3. The van der Waals surface area contributed by atoms with E-state index in [1.807, 2.05) is 17.1 Å². The molecule has 1 aromatic heterocycles. The number of rotatable bonds is 6. The molecule has 1 saturated carbocycles. The van der Waals surface area contributed by atoms with Crippen molar-refractivity contribution in [1.29, 1.82) is 0 Å². The van der Waals surface area contributed by atoms with Crippen LogP contribution in [0.25, 0.3) is 5.69 Å². The van der Waals surface area contributed by atoms with Gasteiger partial charge in [0.15, 0.2) is 0 Å². The van der Waals surface area contributed by atoms with Crippen LogP contribution in [0.3, 0.4) is 0 Å². The van der Waals surface area contributed by atoms with E-state index in [0.717, 1.165) is 24.7 Å². The summed E-state index contributed by atoms with van der Waals surface area (Å²) in [5.41, 5.74) is 8.38. The summed E-state index contributed by atoms with van der Waals surface area (Å²) in [5.74, 6) is 0.815. The summed E-state index contributed by atoms with van der Waals surface area (Å²) in [6.45, 7) is 1.72. The fourth-order valence-electron chi connectivity index (χ4n) is 2.80. The molecule has 0 radical (unpaired) electrons. The first-order chi connectivity index (χ1) is 9.78. The zero-order valence-electron chi connectivity index (χ0n) is 11.9. The van der Waals surface area contributed by atoms with E-state index in [1.54, 1.807) is 6.20 Å². The normalized spacial score (nSPS) is 16.6. The lowest BCUT2D eigenvalue weighted by Crippen LogP contribution is -2.39. The third-order valence-electron chi connectivity index (χ3n) is 4.14. The number of nitrogens with two attached hydrogens (primary N) is 1. The van der Waals surface area contributed by atoms with E-state index in [4.69, 9.17) is 5.73 Å². The van der Waals surface area contributed by atoms with Gasteiger partial charge in [0, 0.05) is 37.2 Å². The minimum absolute atomic E-state index is 0.531. The molecular formula is C16H22N4. The minimum atomic E-state index is 0.531. The van der Waals surface area contributed by atoms with Crippen LogP contribution in [0.1, 0.15) is 18.4 Å². The van der Waals surface area contributed by atoms with E-state index < -0.39 is 0 Å². The van der Waals surface area contributed by atoms with Crippen LogP contribution in [0, 0.1) is 5.92 Å². The summed E-state index contributed by atoms with van der Waals surface area (Å²) in [4.78, 5) is 6.46. The van der Waals surface area contributed by atoms with E-state index in [0.29, 0.717) is 6.04 Å². The van der Waals surface area contributed by atoms with Crippen LogP contribution >= 0.6 is 0 Å². The predicted molar refractivity (Wildman–Crippen MR) is 80.6 cm³/mol. The molecule has 4 nitrogen and oxygen atoms in total. The van der Waals surface area contributed by atoms with Crippen molar-refractivity contribution in [3.63, 3.8) is 0 Å². The molecule has 0 saturated heterocycles. The second-order valence-corrected chi connectivity index (χ2v) is 5.69. The summed E-state index contributed by atoms with van der Waals surface area (Å²) in [6.07, 6.45) is 8.25. The van der Waals surface area contributed by atoms with E-state index in [1.165, 1.54) is 18.4 Å². The minimum Gasteiger partial charge on any atom is -0.329 e. The first-order valence-electron chi connectivity index (χ1n) is 7.25. The van der Waals surface area contributed by atoms with Crippen molar-refractivity contribution >= 4 is 0 Å². The molecule has 3 rings (SSSR count). The van der Waals surface area contributed by atoms with Gasteiger partial charge in [-0.3, -0.25) is 4.90 Å². The van der Waals surface area contributed by atoms with Crippen molar-refractivity contribution in [3.05, 3.63) is 48.5 Å². The first-order valence-corrected chi connectivity index (χ1v) is 7.25. The Hall–Kier alpha value is -1.65. The van der Waals surface area contributed by atoms with E-state index >= 15 is 0 Å². The summed E-state index contributed by atoms with van der Waals surface area (Å²) in [7, 11) is 2.18. The highest BCUT2D eigenvalue weighted by molar-refractivity contribution is 5.34. The number of aromatic nitrogens is 2. The molecule has 1 aliphatic rings. The van der Waals surface area contributed by atoms with Crippen molar-refractivity contribution in [3.8, 4) is 5.69 Å². The maximum Gasteiger partial charge on any atom is 0.0991 e. The van der Waals surface area contributed by atoms with E-state index in [2.05, 4.69) is 41.2 Å². The summed E-state index contributed by atoms with van der Waals surface area (Å²) in [5, 5.41) is 0. The van der Waals surface area contributed by atoms with Crippen molar-refractivity contribution in [2.75, 3.05) is 13.6 Å². The lowest BCUT2D eigenvalue weighted by Gasteiger charge is -2.27. The number of imidazole rings is 1. The maximum absolute atomic E-state index is 5.90. The molecule has 0 aliphatic heterocycles. The number of hydrogen-bond acceptors (Lipinski definition) is 3. The fraction of sp³-hybridized carbons (Fsp3) is 0.438. The monoisotopic (exact) mass is 270 g/mol. The van der Waals surface area contributed by atoms with Gasteiger partial charge in [-0.15, -0.1) is 0 Å². The maximum atomic E-state index is 5.90. The van der Waals surface area contributed by atoms with Gasteiger partial charge in [-0.1, -0.05) is 12.1 Å². The topological polar surface area (TPSA) is 47.1 Å². The van der Waals surface area contributed by atoms with Gasteiger partial charge >= 0.3 is 0 Å². The summed E-state index contributed by atoms with van der Waals surface area (Å²) < 4.78 is 2.01. The largest absolute Gasteiger partial charge is 0.329 e. The molecular weight excluding hydrogens is 248 g/mol. The number of likely N-dealkylation sites (N-methyl/N-ethyl adjacent to an activating group) is 1. The van der Waals surface area contributed by atoms with Gasteiger partial charge in [0.1, 0.15) is 0 Å². The Bertz CT molecular complexity index is 528. The van der Waals surface area contributed by atoms with Gasteiger partial charge < -0.3 is 10.3 Å². The average molecular weight is 270 g/mol. The number of benzene rings is 1. The van der Waals surface area contributed by atoms with Gasteiger partial charge in [-0.25, -0.2) is 4.98 Å². The molecule has 0 spiro atoms. The fourth-order valence-corrected chi connectivity index (χ4v) is 2.80. The molecule has 1 aromatic carbocycles. The van der Waals surface area contributed by atoms with Crippen molar-refractivity contribution in [2.24, 2.45) is 11.7 Å². The molecule has 4 heteroatoms. The van der Waals surface area contributed by atoms with Crippen molar-refractivity contribution in [1.82, 2.24) is 14.5 Å². The molecule has 2 N–H and O–H groups in total. The van der Waals surface area contributed by atoms with E-state index in [9.17, 15) is 0 Å². The first kappa shape index (κ1) is 13.3. The van der Waals surface area contributed by atoms with Gasteiger partial charge in [-0.2, -0.15) is 0 Å².